The van der Waals surface area contributed by atoms with Gasteiger partial charge in [-0.25, -0.2) is 4.98 Å². The highest BCUT2D eigenvalue weighted by atomic mass is 16.5. The molecule has 1 saturated heterocycles. The largest absolute Gasteiger partial charge is 0.456 e. The Labute approximate surface area is 218 Å². The van der Waals surface area contributed by atoms with E-state index in [1.807, 2.05) is 36.5 Å². The van der Waals surface area contributed by atoms with Crippen LogP contribution in [0, 0.1) is 0 Å². The summed E-state index contributed by atoms with van der Waals surface area (Å²) in [6.45, 7) is 2.46. The van der Waals surface area contributed by atoms with Crippen molar-refractivity contribution in [2.75, 3.05) is 29.9 Å². The van der Waals surface area contributed by atoms with Gasteiger partial charge in [-0.15, -0.1) is 0 Å². The van der Waals surface area contributed by atoms with Crippen molar-refractivity contribution >= 4 is 22.5 Å². The van der Waals surface area contributed by atoms with Gasteiger partial charge >= 0.3 is 0 Å². The van der Waals surface area contributed by atoms with Crippen molar-refractivity contribution in [1.82, 2.24) is 9.97 Å². The fourth-order valence-electron chi connectivity index (χ4n) is 5.29. The quantitative estimate of drug-likeness (QED) is 0.323. The highest BCUT2D eigenvalue weighted by Gasteiger charge is 2.29. The Morgan fingerprint density at radius 2 is 2.05 bits per heavy atom. The number of nitrogens with one attached hydrogen (secondary N) is 2. The SMILES string of the molecule is O=c1[nH]cccc1N1CCOC(c2cccc3c2Oc2ccc(NCc4cnc5occc5c4)cc2C3)C1. The summed E-state index contributed by atoms with van der Waals surface area (Å²) < 4.78 is 18.0. The number of ether oxygens (including phenoxy) is 2. The molecule has 1 unspecified atom stereocenters. The molecule has 0 amide bonds. The molecule has 0 aliphatic carbocycles. The summed E-state index contributed by atoms with van der Waals surface area (Å²) in [4.78, 5) is 21.6. The predicted octanol–water partition coefficient (Wildman–Crippen LogP) is 5.40. The second kappa shape index (κ2) is 9.39. The summed E-state index contributed by atoms with van der Waals surface area (Å²) >= 11 is 0. The Bertz CT molecular complexity index is 1690. The number of anilines is 2. The molecule has 5 heterocycles. The molecule has 0 saturated carbocycles. The summed E-state index contributed by atoms with van der Waals surface area (Å²) in [6, 6.07) is 20.1. The highest BCUT2D eigenvalue weighted by Crippen LogP contribution is 2.43. The number of hydrogen-bond donors (Lipinski definition) is 2. The first-order valence-electron chi connectivity index (χ1n) is 12.7. The number of aromatic nitrogens is 2. The van der Waals surface area contributed by atoms with Gasteiger partial charge in [-0.2, -0.15) is 0 Å². The van der Waals surface area contributed by atoms with Crippen LogP contribution in [0.1, 0.15) is 28.4 Å². The summed E-state index contributed by atoms with van der Waals surface area (Å²) in [5.74, 6) is 1.71. The molecule has 190 valence electrons. The molecule has 8 heteroatoms. The molecule has 8 nitrogen and oxygen atoms in total. The van der Waals surface area contributed by atoms with Crippen LogP contribution in [-0.4, -0.2) is 29.7 Å². The number of pyridine rings is 2. The van der Waals surface area contributed by atoms with Crippen LogP contribution in [0.25, 0.3) is 11.1 Å². The lowest BCUT2D eigenvalue weighted by Crippen LogP contribution is -2.41. The molecule has 0 spiro atoms. The molecule has 0 bridgehead atoms. The van der Waals surface area contributed by atoms with E-state index in [0.717, 1.165) is 51.2 Å². The second-order valence-electron chi connectivity index (χ2n) is 9.64. The van der Waals surface area contributed by atoms with Crippen molar-refractivity contribution in [2.24, 2.45) is 0 Å². The van der Waals surface area contributed by atoms with Crippen LogP contribution in [0.5, 0.6) is 11.5 Å². The average Bonchev–Trinajstić information content (AvgIpc) is 3.43. The van der Waals surface area contributed by atoms with Crippen LogP contribution in [0.2, 0.25) is 0 Å². The maximum absolute atomic E-state index is 12.4. The number of morpholine rings is 1. The molecule has 1 atom stereocenters. The standard InChI is InChI=1S/C30H26N4O4/c35-29-25(5-2-9-31-29)34-10-12-36-27(18-34)24-4-1-3-20-14-22-15-23(6-7-26(22)38-28(20)24)32-16-19-13-21-8-11-37-30(21)33-17-19/h1-9,11,13,15,17,27,32H,10,12,14,16,18H2,(H,31,35). The average molecular weight is 507 g/mol. The molecule has 3 aromatic heterocycles. The number of fused-ring (bicyclic) bond motifs is 3. The summed E-state index contributed by atoms with van der Waals surface area (Å²) in [6.07, 6.45) is 5.72. The van der Waals surface area contributed by atoms with E-state index in [0.29, 0.717) is 37.6 Å². The van der Waals surface area contributed by atoms with Crippen LogP contribution >= 0.6 is 0 Å². The molecule has 2 N–H and O–H groups in total. The van der Waals surface area contributed by atoms with Gasteiger partial charge in [0.1, 0.15) is 23.3 Å². The molecule has 0 radical (unpaired) electrons. The molecule has 2 aliphatic rings. The number of nitrogens with zero attached hydrogens (tertiary/aromatic N) is 2. The number of rotatable bonds is 5. The Morgan fingerprint density at radius 1 is 1.08 bits per heavy atom. The first kappa shape index (κ1) is 22.6. The minimum atomic E-state index is -0.193. The molecule has 5 aromatic rings. The van der Waals surface area contributed by atoms with Gasteiger partial charge in [-0.3, -0.25) is 4.79 Å². The first-order valence-corrected chi connectivity index (χ1v) is 12.7. The summed E-state index contributed by atoms with van der Waals surface area (Å²) in [7, 11) is 0. The van der Waals surface area contributed by atoms with Gasteiger partial charge in [0.05, 0.1) is 12.9 Å². The van der Waals surface area contributed by atoms with Gasteiger partial charge in [0.15, 0.2) is 0 Å². The van der Waals surface area contributed by atoms with E-state index in [1.54, 1.807) is 12.5 Å². The molecule has 7 rings (SSSR count). The lowest BCUT2D eigenvalue weighted by Gasteiger charge is -2.35. The van der Waals surface area contributed by atoms with E-state index in [1.165, 1.54) is 0 Å². The topological polar surface area (TPSA) is 92.6 Å². The zero-order chi connectivity index (χ0) is 25.5. The number of para-hydroxylation sites is 1. The third kappa shape index (κ3) is 4.18. The van der Waals surface area contributed by atoms with E-state index in [9.17, 15) is 4.79 Å². The van der Waals surface area contributed by atoms with Gasteiger partial charge in [0.2, 0.25) is 5.71 Å². The molecule has 2 aliphatic heterocycles. The molecule has 1 fully saturated rings. The number of benzene rings is 2. The molecular weight excluding hydrogens is 480 g/mol. The number of H-pyrrole nitrogens is 1. The predicted molar refractivity (Wildman–Crippen MR) is 145 cm³/mol. The number of hydrogen-bond acceptors (Lipinski definition) is 7. The molecular formula is C30H26N4O4. The van der Waals surface area contributed by atoms with E-state index < -0.39 is 0 Å². The fourth-order valence-corrected chi connectivity index (χ4v) is 5.29. The van der Waals surface area contributed by atoms with Crippen molar-refractivity contribution in [1.29, 1.82) is 0 Å². The minimum absolute atomic E-state index is 0.0869. The zero-order valence-electron chi connectivity index (χ0n) is 20.6. The van der Waals surface area contributed by atoms with Gasteiger partial charge in [0.25, 0.3) is 5.56 Å². The van der Waals surface area contributed by atoms with Crippen molar-refractivity contribution in [3.8, 4) is 11.5 Å². The van der Waals surface area contributed by atoms with E-state index in [-0.39, 0.29) is 11.7 Å². The van der Waals surface area contributed by atoms with Gasteiger partial charge < -0.3 is 29.1 Å². The van der Waals surface area contributed by atoms with Crippen LogP contribution in [0.15, 0.2) is 88.5 Å². The van der Waals surface area contributed by atoms with Gasteiger partial charge in [0, 0.05) is 60.6 Å². The Kier molecular flexibility index (Phi) is 5.59. The lowest BCUT2D eigenvalue weighted by atomic mass is 9.95. The Balaban J connectivity index is 1.09. The smallest absolute Gasteiger partial charge is 0.271 e. The maximum Gasteiger partial charge on any atom is 0.271 e. The van der Waals surface area contributed by atoms with Gasteiger partial charge in [-0.1, -0.05) is 18.2 Å². The lowest BCUT2D eigenvalue weighted by molar-refractivity contribution is 0.0383. The third-order valence-corrected chi connectivity index (χ3v) is 7.19. The monoisotopic (exact) mass is 506 g/mol. The molecule has 38 heavy (non-hydrogen) atoms. The van der Waals surface area contributed by atoms with Crippen LogP contribution in [0.3, 0.4) is 0 Å². The minimum Gasteiger partial charge on any atom is -0.456 e. The van der Waals surface area contributed by atoms with Crippen molar-refractivity contribution in [3.63, 3.8) is 0 Å². The number of furan rings is 1. The van der Waals surface area contributed by atoms with Crippen LogP contribution in [-0.2, 0) is 17.7 Å². The first-order chi connectivity index (χ1) is 18.7. The normalized spacial score (nSPS) is 16.5. The third-order valence-electron chi connectivity index (χ3n) is 7.19. The summed E-state index contributed by atoms with van der Waals surface area (Å²) in [5, 5.41) is 4.50. The van der Waals surface area contributed by atoms with Crippen LogP contribution in [0.4, 0.5) is 11.4 Å². The van der Waals surface area contributed by atoms with Crippen molar-refractivity contribution in [3.05, 3.63) is 112 Å². The van der Waals surface area contributed by atoms with E-state index in [4.69, 9.17) is 13.9 Å². The maximum atomic E-state index is 12.4. The molecule has 2 aromatic carbocycles. The van der Waals surface area contributed by atoms with E-state index >= 15 is 0 Å². The van der Waals surface area contributed by atoms with Gasteiger partial charge in [-0.05, 0) is 53.6 Å². The van der Waals surface area contributed by atoms with Crippen LogP contribution < -0.4 is 20.5 Å². The second-order valence-corrected chi connectivity index (χ2v) is 9.64. The summed E-state index contributed by atoms with van der Waals surface area (Å²) in [5.41, 5.74) is 6.60. The Hall–Kier alpha value is -4.56. The van der Waals surface area contributed by atoms with Crippen molar-refractivity contribution < 1.29 is 13.9 Å². The van der Waals surface area contributed by atoms with Crippen molar-refractivity contribution in [2.45, 2.75) is 19.1 Å². The Morgan fingerprint density at radius 3 is 3.00 bits per heavy atom. The highest BCUT2D eigenvalue weighted by molar-refractivity contribution is 5.73. The van der Waals surface area contributed by atoms with E-state index in [2.05, 4.69) is 50.5 Å². The fraction of sp³-hybridized carbons (Fsp3) is 0.200. The zero-order valence-corrected chi connectivity index (χ0v) is 20.6. The number of aromatic amines is 1.